The van der Waals surface area contributed by atoms with E-state index in [1.54, 1.807) is 0 Å². The average Bonchev–Trinajstić information content (AvgIpc) is 2.48. The van der Waals surface area contributed by atoms with Crippen LogP contribution in [-0.4, -0.2) is 23.7 Å². The van der Waals surface area contributed by atoms with Crippen LogP contribution in [0.3, 0.4) is 0 Å². The summed E-state index contributed by atoms with van der Waals surface area (Å²) in [4.78, 5) is 24.6. The van der Waals surface area contributed by atoms with Crippen molar-refractivity contribution in [2.45, 2.75) is 43.5 Å². The van der Waals surface area contributed by atoms with E-state index in [1.165, 1.54) is 18.2 Å². The first-order valence-electron chi connectivity index (χ1n) is 7.43. The summed E-state index contributed by atoms with van der Waals surface area (Å²) in [5.41, 5.74) is 0. The average molecular weight is 306 g/mol. The van der Waals surface area contributed by atoms with E-state index in [-0.39, 0.29) is 23.7 Å². The summed E-state index contributed by atoms with van der Waals surface area (Å²) in [7, 11) is 0. The van der Waals surface area contributed by atoms with Crippen molar-refractivity contribution in [3.8, 4) is 0 Å². The van der Waals surface area contributed by atoms with Gasteiger partial charge in [0.1, 0.15) is 0 Å². The van der Waals surface area contributed by atoms with Crippen molar-refractivity contribution >= 4 is 23.7 Å². The molecule has 2 N–H and O–H groups in total. The SMILES string of the molecule is C[C@@H]1CCCC[C@H]1NC(=O)NC(=O)CSc1ccccc1. The maximum absolute atomic E-state index is 11.8. The summed E-state index contributed by atoms with van der Waals surface area (Å²) in [6.07, 6.45) is 4.52. The predicted molar refractivity (Wildman–Crippen MR) is 85.3 cm³/mol. The summed E-state index contributed by atoms with van der Waals surface area (Å²) in [5.74, 6) is 0.473. The number of hydrogen-bond acceptors (Lipinski definition) is 3. The molecular formula is C16H22N2O2S. The molecule has 114 valence electrons. The van der Waals surface area contributed by atoms with Crippen molar-refractivity contribution in [3.63, 3.8) is 0 Å². The number of benzene rings is 1. The van der Waals surface area contributed by atoms with Crippen LogP contribution in [0.2, 0.25) is 0 Å². The van der Waals surface area contributed by atoms with Gasteiger partial charge >= 0.3 is 6.03 Å². The minimum atomic E-state index is -0.368. The quantitative estimate of drug-likeness (QED) is 0.840. The Balaban J connectivity index is 1.70. The van der Waals surface area contributed by atoms with E-state index in [9.17, 15) is 9.59 Å². The molecule has 1 fully saturated rings. The Morgan fingerprint density at radius 2 is 1.90 bits per heavy atom. The Labute approximate surface area is 130 Å². The van der Waals surface area contributed by atoms with Gasteiger partial charge in [-0.1, -0.05) is 38.0 Å². The molecular weight excluding hydrogens is 284 g/mol. The summed E-state index contributed by atoms with van der Waals surface area (Å²) in [6.45, 7) is 2.15. The third kappa shape index (κ3) is 5.42. The van der Waals surface area contributed by atoms with E-state index in [2.05, 4.69) is 17.6 Å². The zero-order valence-corrected chi connectivity index (χ0v) is 13.1. The topological polar surface area (TPSA) is 58.2 Å². The van der Waals surface area contributed by atoms with E-state index in [4.69, 9.17) is 0 Å². The molecule has 0 spiro atoms. The van der Waals surface area contributed by atoms with Crippen molar-refractivity contribution < 1.29 is 9.59 Å². The molecule has 2 atom stereocenters. The normalized spacial score (nSPS) is 21.6. The predicted octanol–water partition coefficient (Wildman–Crippen LogP) is 3.18. The van der Waals surface area contributed by atoms with E-state index in [0.29, 0.717) is 5.92 Å². The maximum atomic E-state index is 11.8. The summed E-state index contributed by atoms with van der Waals surface area (Å²) in [5, 5.41) is 5.33. The fraction of sp³-hybridized carbons (Fsp3) is 0.500. The molecule has 1 aliphatic carbocycles. The first-order chi connectivity index (χ1) is 10.1. The number of nitrogens with one attached hydrogen (secondary N) is 2. The Morgan fingerprint density at radius 3 is 2.62 bits per heavy atom. The molecule has 1 aromatic rings. The molecule has 3 amide bonds. The van der Waals surface area contributed by atoms with Gasteiger partial charge in [-0.05, 0) is 30.9 Å². The highest BCUT2D eigenvalue weighted by molar-refractivity contribution is 8.00. The molecule has 0 unspecified atom stereocenters. The van der Waals surface area contributed by atoms with Crippen molar-refractivity contribution in [3.05, 3.63) is 30.3 Å². The highest BCUT2D eigenvalue weighted by Gasteiger charge is 2.23. The zero-order chi connectivity index (χ0) is 15.1. The molecule has 5 heteroatoms. The van der Waals surface area contributed by atoms with Gasteiger partial charge in [0.2, 0.25) is 5.91 Å². The lowest BCUT2D eigenvalue weighted by Crippen LogP contribution is -2.48. The second-order valence-electron chi connectivity index (χ2n) is 5.49. The van der Waals surface area contributed by atoms with Crippen LogP contribution in [0.5, 0.6) is 0 Å². The smallest absolute Gasteiger partial charge is 0.321 e. The molecule has 0 aliphatic heterocycles. The van der Waals surface area contributed by atoms with Gasteiger partial charge in [0, 0.05) is 10.9 Å². The molecule has 21 heavy (non-hydrogen) atoms. The Bertz CT molecular complexity index is 478. The lowest BCUT2D eigenvalue weighted by molar-refractivity contribution is -0.117. The van der Waals surface area contributed by atoms with Gasteiger partial charge in [0.05, 0.1) is 5.75 Å². The van der Waals surface area contributed by atoms with Gasteiger partial charge in [0.25, 0.3) is 0 Å². The third-order valence-electron chi connectivity index (χ3n) is 3.79. The van der Waals surface area contributed by atoms with Crippen LogP contribution in [0.15, 0.2) is 35.2 Å². The van der Waals surface area contributed by atoms with Crippen molar-refractivity contribution in [1.29, 1.82) is 0 Å². The molecule has 1 aliphatic rings. The minimum Gasteiger partial charge on any atom is -0.335 e. The van der Waals surface area contributed by atoms with Gasteiger partial charge < -0.3 is 5.32 Å². The fourth-order valence-electron chi connectivity index (χ4n) is 2.56. The highest BCUT2D eigenvalue weighted by atomic mass is 32.2. The van der Waals surface area contributed by atoms with Crippen LogP contribution in [0.1, 0.15) is 32.6 Å². The number of imide groups is 1. The number of amides is 3. The molecule has 2 rings (SSSR count). The first-order valence-corrected chi connectivity index (χ1v) is 8.42. The summed E-state index contributed by atoms with van der Waals surface area (Å²) < 4.78 is 0. The Hall–Kier alpha value is -1.49. The second kappa shape index (κ2) is 8.08. The van der Waals surface area contributed by atoms with Gasteiger partial charge in [0.15, 0.2) is 0 Å². The number of carbonyl (C=O) groups excluding carboxylic acids is 2. The van der Waals surface area contributed by atoms with Gasteiger partial charge in [-0.2, -0.15) is 0 Å². The standard InChI is InChI=1S/C16H22N2O2S/c1-12-7-5-6-10-14(12)17-16(20)18-15(19)11-21-13-8-3-2-4-9-13/h2-4,8-9,12,14H,5-7,10-11H2,1H3,(H2,17,18,19,20)/t12-,14-/m1/s1. The van der Waals surface area contributed by atoms with E-state index >= 15 is 0 Å². The number of hydrogen-bond donors (Lipinski definition) is 2. The fourth-order valence-corrected chi connectivity index (χ4v) is 3.28. The summed E-state index contributed by atoms with van der Waals surface area (Å²) in [6, 6.07) is 9.50. The molecule has 0 radical (unpaired) electrons. The van der Waals surface area contributed by atoms with Gasteiger partial charge in [-0.3, -0.25) is 10.1 Å². The van der Waals surface area contributed by atoms with Crippen LogP contribution >= 0.6 is 11.8 Å². The molecule has 0 heterocycles. The van der Waals surface area contributed by atoms with Crippen molar-refractivity contribution in [2.24, 2.45) is 5.92 Å². The van der Waals surface area contributed by atoms with Crippen LogP contribution < -0.4 is 10.6 Å². The molecule has 0 bridgehead atoms. The monoisotopic (exact) mass is 306 g/mol. The van der Waals surface area contributed by atoms with Gasteiger partial charge in [-0.25, -0.2) is 4.79 Å². The third-order valence-corrected chi connectivity index (χ3v) is 4.81. The van der Waals surface area contributed by atoms with Gasteiger partial charge in [-0.15, -0.1) is 11.8 Å². The van der Waals surface area contributed by atoms with E-state index in [1.807, 2.05) is 30.3 Å². The Kier molecular flexibility index (Phi) is 6.11. The van der Waals surface area contributed by atoms with Crippen LogP contribution in [0, 0.1) is 5.92 Å². The van der Waals surface area contributed by atoms with E-state index in [0.717, 1.165) is 24.2 Å². The summed E-state index contributed by atoms with van der Waals surface area (Å²) >= 11 is 1.43. The molecule has 0 aromatic heterocycles. The zero-order valence-electron chi connectivity index (χ0n) is 12.3. The number of thioether (sulfide) groups is 1. The minimum absolute atomic E-state index is 0.188. The largest absolute Gasteiger partial charge is 0.335 e. The van der Waals surface area contributed by atoms with Crippen LogP contribution in [-0.2, 0) is 4.79 Å². The Morgan fingerprint density at radius 1 is 1.19 bits per heavy atom. The molecule has 1 aromatic carbocycles. The van der Waals surface area contributed by atoms with Crippen molar-refractivity contribution in [1.82, 2.24) is 10.6 Å². The van der Waals surface area contributed by atoms with Crippen LogP contribution in [0.25, 0.3) is 0 Å². The lowest BCUT2D eigenvalue weighted by Gasteiger charge is -2.29. The molecule has 0 saturated heterocycles. The second-order valence-corrected chi connectivity index (χ2v) is 6.54. The maximum Gasteiger partial charge on any atom is 0.321 e. The van der Waals surface area contributed by atoms with Crippen LogP contribution in [0.4, 0.5) is 4.79 Å². The number of rotatable bonds is 4. The molecule has 4 nitrogen and oxygen atoms in total. The highest BCUT2D eigenvalue weighted by Crippen LogP contribution is 2.23. The number of carbonyl (C=O) groups is 2. The first kappa shape index (κ1) is 15.9. The van der Waals surface area contributed by atoms with E-state index < -0.39 is 0 Å². The lowest BCUT2D eigenvalue weighted by atomic mass is 9.86. The molecule has 1 saturated carbocycles. The number of urea groups is 1. The van der Waals surface area contributed by atoms with Crippen molar-refractivity contribution in [2.75, 3.05) is 5.75 Å².